The van der Waals surface area contributed by atoms with Crippen molar-refractivity contribution in [1.82, 2.24) is 19.6 Å². The van der Waals surface area contributed by atoms with Gasteiger partial charge in [0, 0.05) is 44.5 Å². The van der Waals surface area contributed by atoms with Crippen LogP contribution >= 0.6 is 24.0 Å². The van der Waals surface area contributed by atoms with Gasteiger partial charge < -0.3 is 4.90 Å². The molecule has 1 atom stereocenters. The molecule has 1 aromatic heterocycles. The lowest BCUT2D eigenvalue weighted by molar-refractivity contribution is 0.0477. The monoisotopic (exact) mass is 430 g/mol. The minimum absolute atomic E-state index is 0. The first-order chi connectivity index (χ1) is 12.3. The molecule has 3 rings (SSSR count). The lowest BCUT2D eigenvalue weighted by Gasteiger charge is -2.39. The van der Waals surface area contributed by atoms with Crippen LogP contribution in [0.3, 0.4) is 0 Å². The number of piperazine rings is 1. The summed E-state index contributed by atoms with van der Waals surface area (Å²) in [6, 6.07) is 5.47. The van der Waals surface area contributed by atoms with Gasteiger partial charge in [0.2, 0.25) is 0 Å². The molecule has 1 fully saturated rings. The quantitative estimate of drug-likeness (QED) is 0.698. The second kappa shape index (κ2) is 10.0. The van der Waals surface area contributed by atoms with Crippen molar-refractivity contribution in [3.63, 3.8) is 0 Å². The molecule has 9 heteroatoms. The van der Waals surface area contributed by atoms with Gasteiger partial charge in [0.05, 0.1) is 11.6 Å². The molecule has 2 aromatic rings. The maximum absolute atomic E-state index is 13.0. The number of Topliss-reactive ketones (excluding diaryl/α,β-unsaturated/α-hetero) is 1. The zero-order chi connectivity index (χ0) is 18.8. The standard InChI is InChI=1S/C18H20ClFN4O2.CH4.ClH/c1-12-9-23(11-16(25)13-3-5-14(20)6-4-13)7-8-24(12)18(26)17-15(19)10-22(2)21-17;;/h3-6,10,12H,7-9,11H2,1-2H3;1H4;1H/t12-;;/m0../s1. The summed E-state index contributed by atoms with van der Waals surface area (Å²) in [7, 11) is 1.71. The summed E-state index contributed by atoms with van der Waals surface area (Å²) in [6.45, 7) is 3.81. The summed E-state index contributed by atoms with van der Waals surface area (Å²) in [5.41, 5.74) is 0.731. The van der Waals surface area contributed by atoms with Crippen molar-refractivity contribution in [2.24, 2.45) is 7.05 Å². The van der Waals surface area contributed by atoms with Crippen LogP contribution in [0, 0.1) is 5.82 Å². The fourth-order valence-electron chi connectivity index (χ4n) is 3.15. The Hall–Kier alpha value is -1.96. The van der Waals surface area contributed by atoms with Gasteiger partial charge in [-0.05, 0) is 31.2 Å². The minimum Gasteiger partial charge on any atom is -0.332 e. The fourth-order valence-corrected chi connectivity index (χ4v) is 3.41. The van der Waals surface area contributed by atoms with Crippen LogP contribution in [-0.2, 0) is 7.05 Å². The van der Waals surface area contributed by atoms with Gasteiger partial charge in [-0.1, -0.05) is 19.0 Å². The SMILES string of the molecule is C.C[C@H]1CN(CC(=O)c2ccc(F)cc2)CCN1C(=O)c1nn(C)cc1Cl.Cl. The molecule has 0 spiro atoms. The Morgan fingerprint density at radius 1 is 1.25 bits per heavy atom. The molecule has 6 nitrogen and oxygen atoms in total. The van der Waals surface area contributed by atoms with E-state index in [9.17, 15) is 14.0 Å². The second-order valence-corrected chi connectivity index (χ2v) is 6.92. The molecule has 154 valence electrons. The molecule has 0 unspecified atom stereocenters. The Morgan fingerprint density at radius 2 is 1.89 bits per heavy atom. The van der Waals surface area contributed by atoms with E-state index in [1.54, 1.807) is 18.1 Å². The number of benzene rings is 1. The van der Waals surface area contributed by atoms with Gasteiger partial charge >= 0.3 is 0 Å². The molecule has 1 amide bonds. The van der Waals surface area contributed by atoms with Crippen molar-refractivity contribution in [2.45, 2.75) is 20.4 Å². The highest BCUT2D eigenvalue weighted by Gasteiger charge is 2.31. The summed E-state index contributed by atoms with van der Waals surface area (Å²) in [6.07, 6.45) is 1.59. The molecule has 0 N–H and O–H groups in total. The average molecular weight is 431 g/mol. The van der Waals surface area contributed by atoms with Gasteiger partial charge in [0.1, 0.15) is 5.82 Å². The molecule has 1 aliphatic rings. The van der Waals surface area contributed by atoms with Gasteiger partial charge in [-0.2, -0.15) is 5.10 Å². The number of halogens is 3. The van der Waals surface area contributed by atoms with Crippen molar-refractivity contribution in [2.75, 3.05) is 26.2 Å². The Balaban J connectivity index is 0.00000196. The Labute approximate surface area is 175 Å². The summed E-state index contributed by atoms with van der Waals surface area (Å²) >= 11 is 6.07. The number of hydrogen-bond acceptors (Lipinski definition) is 4. The maximum atomic E-state index is 13.0. The molecular weight excluding hydrogens is 406 g/mol. The Morgan fingerprint density at radius 3 is 2.43 bits per heavy atom. The highest BCUT2D eigenvalue weighted by atomic mass is 35.5. The molecular formula is C19H25Cl2FN4O2. The number of carbonyl (C=O) groups is 2. The summed E-state index contributed by atoms with van der Waals surface area (Å²) in [4.78, 5) is 28.7. The molecule has 0 bridgehead atoms. The number of aryl methyl sites for hydroxylation is 1. The van der Waals surface area contributed by atoms with Gasteiger partial charge in [-0.25, -0.2) is 4.39 Å². The van der Waals surface area contributed by atoms with E-state index in [0.29, 0.717) is 30.2 Å². The second-order valence-electron chi connectivity index (χ2n) is 6.51. The number of hydrogen-bond donors (Lipinski definition) is 0. The molecule has 1 saturated heterocycles. The third kappa shape index (κ3) is 5.31. The molecule has 0 aliphatic carbocycles. The lowest BCUT2D eigenvalue weighted by Crippen LogP contribution is -2.55. The molecule has 1 aromatic carbocycles. The van der Waals surface area contributed by atoms with Crippen LogP contribution in [0.1, 0.15) is 35.2 Å². The molecule has 2 heterocycles. The van der Waals surface area contributed by atoms with Crippen molar-refractivity contribution < 1.29 is 14.0 Å². The van der Waals surface area contributed by atoms with E-state index in [2.05, 4.69) is 5.10 Å². The van der Waals surface area contributed by atoms with Crippen LogP contribution in [-0.4, -0.2) is 63.5 Å². The fraction of sp³-hybridized carbons (Fsp3) is 0.421. The predicted octanol–water partition coefficient (Wildman–Crippen LogP) is 3.30. The first kappa shape index (κ1) is 24.1. The van der Waals surface area contributed by atoms with E-state index in [0.717, 1.165) is 0 Å². The van der Waals surface area contributed by atoms with E-state index < -0.39 is 0 Å². The maximum Gasteiger partial charge on any atom is 0.276 e. The topological polar surface area (TPSA) is 58.4 Å². The number of nitrogens with zero attached hydrogens (tertiary/aromatic N) is 4. The van der Waals surface area contributed by atoms with E-state index in [4.69, 9.17) is 11.6 Å². The van der Waals surface area contributed by atoms with Crippen LogP contribution in [0.5, 0.6) is 0 Å². The number of carbonyl (C=O) groups excluding carboxylic acids is 2. The minimum atomic E-state index is -0.365. The first-order valence-electron chi connectivity index (χ1n) is 8.36. The number of amides is 1. The van der Waals surface area contributed by atoms with E-state index in [1.165, 1.54) is 28.9 Å². The molecule has 28 heavy (non-hydrogen) atoms. The van der Waals surface area contributed by atoms with Crippen LogP contribution in [0.15, 0.2) is 30.5 Å². The van der Waals surface area contributed by atoms with Gasteiger partial charge in [0.15, 0.2) is 11.5 Å². The van der Waals surface area contributed by atoms with E-state index >= 15 is 0 Å². The van der Waals surface area contributed by atoms with Gasteiger partial charge in [0.25, 0.3) is 5.91 Å². The largest absolute Gasteiger partial charge is 0.332 e. The third-order valence-corrected chi connectivity index (χ3v) is 4.77. The predicted molar refractivity (Wildman–Crippen MR) is 110 cm³/mol. The Kier molecular flexibility index (Phi) is 8.60. The first-order valence-corrected chi connectivity index (χ1v) is 8.74. The third-order valence-electron chi connectivity index (χ3n) is 4.49. The highest BCUT2D eigenvalue weighted by molar-refractivity contribution is 6.33. The van der Waals surface area contributed by atoms with E-state index in [-0.39, 0.29) is 55.6 Å². The number of rotatable bonds is 4. The molecule has 0 saturated carbocycles. The van der Waals surface area contributed by atoms with Crippen LogP contribution in [0.25, 0.3) is 0 Å². The molecule has 0 radical (unpaired) electrons. The summed E-state index contributed by atoms with van der Waals surface area (Å²) in [5.74, 6) is -0.632. The van der Waals surface area contributed by atoms with Crippen molar-refractivity contribution in [3.05, 3.63) is 52.6 Å². The zero-order valence-electron chi connectivity index (χ0n) is 15.1. The van der Waals surface area contributed by atoms with Crippen molar-refractivity contribution in [1.29, 1.82) is 0 Å². The van der Waals surface area contributed by atoms with E-state index in [1.807, 2.05) is 11.8 Å². The zero-order valence-corrected chi connectivity index (χ0v) is 16.6. The normalized spacial score (nSPS) is 16.9. The van der Waals surface area contributed by atoms with Crippen LogP contribution in [0.2, 0.25) is 5.02 Å². The lowest BCUT2D eigenvalue weighted by atomic mass is 10.1. The summed E-state index contributed by atoms with van der Waals surface area (Å²) < 4.78 is 14.5. The molecule has 1 aliphatic heterocycles. The van der Waals surface area contributed by atoms with Crippen LogP contribution in [0.4, 0.5) is 4.39 Å². The van der Waals surface area contributed by atoms with Crippen LogP contribution < -0.4 is 0 Å². The smallest absolute Gasteiger partial charge is 0.276 e. The van der Waals surface area contributed by atoms with Gasteiger partial charge in [-0.3, -0.25) is 19.2 Å². The summed E-state index contributed by atoms with van der Waals surface area (Å²) in [5, 5.41) is 4.46. The van der Waals surface area contributed by atoms with Gasteiger partial charge in [-0.15, -0.1) is 12.4 Å². The van der Waals surface area contributed by atoms with Crippen molar-refractivity contribution in [3.8, 4) is 0 Å². The Bertz CT molecular complexity index is 826. The number of aromatic nitrogens is 2. The highest BCUT2D eigenvalue weighted by Crippen LogP contribution is 2.19. The van der Waals surface area contributed by atoms with Crippen molar-refractivity contribution >= 4 is 35.7 Å². The number of ketones is 1. The average Bonchev–Trinajstić information content (AvgIpc) is 2.93.